The molecule has 23 heavy (non-hydrogen) atoms. The predicted octanol–water partition coefficient (Wildman–Crippen LogP) is 2.34. The lowest BCUT2D eigenvalue weighted by molar-refractivity contribution is -0.158. The second-order valence-corrected chi connectivity index (χ2v) is 6.40. The first kappa shape index (κ1) is 15.5. The van der Waals surface area contributed by atoms with E-state index in [0.29, 0.717) is 31.5 Å². The van der Waals surface area contributed by atoms with Gasteiger partial charge in [0.15, 0.2) is 0 Å². The molecular weight excluding hydrogens is 298 g/mol. The Balaban J connectivity index is 1.48. The van der Waals surface area contributed by atoms with Gasteiger partial charge in [-0.05, 0) is 31.1 Å². The Bertz CT molecular complexity index is 611. The van der Waals surface area contributed by atoms with Crippen molar-refractivity contribution in [3.8, 4) is 0 Å². The zero-order valence-corrected chi connectivity index (χ0v) is 12.7. The Morgan fingerprint density at radius 3 is 2.26 bits per heavy atom. The number of carboxylic acid groups (broad SMARTS) is 1. The number of carbonyl (C=O) groups is 3. The third-order valence-electron chi connectivity index (χ3n) is 4.91. The number of ether oxygens (including phenoxy) is 1. The summed E-state index contributed by atoms with van der Waals surface area (Å²) in [6.07, 6.45) is 1.91. The van der Waals surface area contributed by atoms with E-state index in [1.54, 1.807) is 30.3 Å². The summed E-state index contributed by atoms with van der Waals surface area (Å²) >= 11 is 0. The van der Waals surface area contributed by atoms with Gasteiger partial charge in [-0.15, -0.1) is 0 Å². The minimum atomic E-state index is -0.879. The van der Waals surface area contributed by atoms with Gasteiger partial charge in [0, 0.05) is 18.7 Å². The highest BCUT2D eigenvalue weighted by Crippen LogP contribution is 2.50. The third kappa shape index (κ3) is 3.21. The zero-order chi connectivity index (χ0) is 16.4. The summed E-state index contributed by atoms with van der Waals surface area (Å²) in [5.74, 6) is -1.42. The van der Waals surface area contributed by atoms with Gasteiger partial charge in [-0.3, -0.25) is 4.79 Å². The molecule has 0 unspecified atom stereocenters. The monoisotopic (exact) mass is 317 g/mol. The molecule has 1 aromatic carbocycles. The highest BCUT2D eigenvalue weighted by molar-refractivity contribution is 6.40. The number of rotatable bonds is 3. The van der Waals surface area contributed by atoms with E-state index in [1.165, 1.54) is 4.90 Å². The second-order valence-electron chi connectivity index (χ2n) is 6.40. The van der Waals surface area contributed by atoms with Crippen LogP contribution in [0.5, 0.6) is 0 Å². The number of hydrogen-bond acceptors (Lipinski definition) is 4. The predicted molar refractivity (Wildman–Crippen MR) is 81.2 cm³/mol. The average Bonchev–Trinajstić information content (AvgIpc) is 2.54. The summed E-state index contributed by atoms with van der Waals surface area (Å²) in [5, 5.41) is 8.96. The number of ketones is 1. The average molecular weight is 317 g/mol. The van der Waals surface area contributed by atoms with Gasteiger partial charge in [0.05, 0.1) is 0 Å². The van der Waals surface area contributed by atoms with Crippen molar-refractivity contribution in [3.05, 3.63) is 35.9 Å². The van der Waals surface area contributed by atoms with Gasteiger partial charge in [0.25, 0.3) is 5.78 Å². The van der Waals surface area contributed by atoms with Crippen molar-refractivity contribution in [1.29, 1.82) is 0 Å². The van der Waals surface area contributed by atoms with Crippen LogP contribution in [0.4, 0.5) is 4.79 Å². The van der Waals surface area contributed by atoms with Crippen molar-refractivity contribution in [2.45, 2.75) is 31.8 Å². The molecule has 1 amide bonds. The molecule has 1 saturated carbocycles. The lowest BCUT2D eigenvalue weighted by atomic mass is 9.61. The molecule has 2 aliphatic rings. The maximum Gasteiger partial charge on any atom is 0.407 e. The molecule has 3 rings (SSSR count). The Morgan fingerprint density at radius 1 is 1.09 bits per heavy atom. The molecule has 6 heteroatoms. The molecule has 1 aromatic rings. The molecular formula is C17H19NO5. The third-order valence-corrected chi connectivity index (χ3v) is 4.91. The molecule has 0 bridgehead atoms. The molecule has 1 saturated heterocycles. The first-order valence-electron chi connectivity index (χ1n) is 7.77. The van der Waals surface area contributed by atoms with Crippen LogP contribution >= 0.6 is 0 Å². The Hall–Kier alpha value is -2.37. The van der Waals surface area contributed by atoms with Crippen LogP contribution in [-0.4, -0.2) is 47.0 Å². The van der Waals surface area contributed by atoms with Gasteiger partial charge in [-0.25, -0.2) is 9.59 Å². The van der Waals surface area contributed by atoms with Crippen molar-refractivity contribution in [1.82, 2.24) is 4.90 Å². The molecule has 1 spiro atoms. The molecule has 2 fully saturated rings. The fourth-order valence-corrected chi connectivity index (χ4v) is 3.48. The number of benzene rings is 1. The molecule has 122 valence electrons. The van der Waals surface area contributed by atoms with Crippen LogP contribution in [0.15, 0.2) is 30.3 Å². The number of likely N-dealkylation sites (tertiary alicyclic amines) is 1. The lowest BCUT2D eigenvalue weighted by Gasteiger charge is -2.50. The largest absolute Gasteiger partial charge is 0.465 e. The van der Waals surface area contributed by atoms with Crippen LogP contribution in [0.2, 0.25) is 0 Å². The first-order chi connectivity index (χ1) is 11.0. The van der Waals surface area contributed by atoms with Crippen LogP contribution in [0.3, 0.4) is 0 Å². The number of amides is 1. The maximum absolute atomic E-state index is 12.0. The summed E-state index contributed by atoms with van der Waals surface area (Å²) in [6, 6.07) is 8.37. The number of nitrogens with zero attached hydrogens (tertiary/aromatic N) is 1. The maximum atomic E-state index is 12.0. The fraction of sp³-hybridized carbons (Fsp3) is 0.471. The highest BCUT2D eigenvalue weighted by Gasteiger charge is 2.48. The number of esters is 1. The van der Waals surface area contributed by atoms with E-state index in [-0.39, 0.29) is 11.5 Å². The fourth-order valence-electron chi connectivity index (χ4n) is 3.48. The van der Waals surface area contributed by atoms with Crippen molar-refractivity contribution < 1.29 is 24.2 Å². The number of Topliss-reactive ketones (excluding diaryl/α,β-unsaturated/α-hetero) is 1. The molecule has 0 radical (unpaired) electrons. The number of carbonyl (C=O) groups excluding carboxylic acids is 2. The Morgan fingerprint density at radius 2 is 1.70 bits per heavy atom. The summed E-state index contributed by atoms with van der Waals surface area (Å²) in [5.41, 5.74) is 0.411. The van der Waals surface area contributed by atoms with Gasteiger partial charge >= 0.3 is 12.1 Å². The summed E-state index contributed by atoms with van der Waals surface area (Å²) in [6.45, 7) is 1.05. The lowest BCUT2D eigenvalue weighted by Crippen LogP contribution is -2.51. The smallest absolute Gasteiger partial charge is 0.407 e. The van der Waals surface area contributed by atoms with E-state index in [9.17, 15) is 14.4 Å². The minimum absolute atomic E-state index is 0.0761. The van der Waals surface area contributed by atoms with E-state index in [1.807, 2.05) is 0 Å². The summed E-state index contributed by atoms with van der Waals surface area (Å²) < 4.78 is 5.29. The molecule has 0 atom stereocenters. The van der Waals surface area contributed by atoms with Gasteiger partial charge < -0.3 is 14.7 Å². The summed E-state index contributed by atoms with van der Waals surface area (Å²) in [7, 11) is 0. The van der Waals surface area contributed by atoms with Crippen LogP contribution in [-0.2, 0) is 9.53 Å². The molecule has 1 aliphatic heterocycles. The highest BCUT2D eigenvalue weighted by atomic mass is 16.5. The number of piperidine rings is 1. The quantitative estimate of drug-likeness (QED) is 0.525. The van der Waals surface area contributed by atoms with E-state index in [2.05, 4.69) is 0 Å². The van der Waals surface area contributed by atoms with Crippen LogP contribution in [0.1, 0.15) is 36.0 Å². The zero-order valence-electron chi connectivity index (χ0n) is 12.7. The molecule has 6 nitrogen and oxygen atoms in total. The Kier molecular flexibility index (Phi) is 4.07. The first-order valence-corrected chi connectivity index (χ1v) is 7.77. The van der Waals surface area contributed by atoms with Crippen LogP contribution < -0.4 is 0 Å². The van der Waals surface area contributed by atoms with Crippen LogP contribution in [0.25, 0.3) is 0 Å². The standard InChI is InChI=1S/C17H19NO5/c19-14(12-4-2-1-3-5-12)15(20)23-13-10-17(11-13)6-8-18(9-7-17)16(21)22/h1-5,13H,6-11H2,(H,21,22). The van der Waals surface area contributed by atoms with Crippen molar-refractivity contribution in [2.75, 3.05) is 13.1 Å². The molecule has 1 N–H and O–H groups in total. The van der Waals surface area contributed by atoms with E-state index in [0.717, 1.165) is 12.8 Å². The van der Waals surface area contributed by atoms with Crippen LogP contribution in [0, 0.1) is 5.41 Å². The number of hydrogen-bond donors (Lipinski definition) is 1. The Labute approximate surface area is 134 Å². The molecule has 0 aromatic heterocycles. The van der Waals surface area contributed by atoms with E-state index >= 15 is 0 Å². The van der Waals surface area contributed by atoms with E-state index < -0.39 is 17.8 Å². The second kappa shape index (κ2) is 6.02. The van der Waals surface area contributed by atoms with Crippen molar-refractivity contribution in [2.24, 2.45) is 5.41 Å². The van der Waals surface area contributed by atoms with Crippen molar-refractivity contribution >= 4 is 17.8 Å². The van der Waals surface area contributed by atoms with Gasteiger partial charge in [-0.1, -0.05) is 30.3 Å². The molecule has 1 heterocycles. The van der Waals surface area contributed by atoms with E-state index in [4.69, 9.17) is 9.84 Å². The minimum Gasteiger partial charge on any atom is -0.465 e. The van der Waals surface area contributed by atoms with Crippen molar-refractivity contribution in [3.63, 3.8) is 0 Å². The van der Waals surface area contributed by atoms with Gasteiger partial charge in [-0.2, -0.15) is 0 Å². The van der Waals surface area contributed by atoms with Gasteiger partial charge in [0.2, 0.25) is 0 Å². The summed E-state index contributed by atoms with van der Waals surface area (Å²) in [4.78, 5) is 36.2. The topological polar surface area (TPSA) is 83.9 Å². The normalized spacial score (nSPS) is 19.9. The SMILES string of the molecule is O=C(OC1CC2(CCN(C(=O)O)CC2)C1)C(=O)c1ccccc1. The molecule has 1 aliphatic carbocycles. The van der Waals surface area contributed by atoms with Gasteiger partial charge in [0.1, 0.15) is 6.10 Å².